The summed E-state index contributed by atoms with van der Waals surface area (Å²) in [6.07, 6.45) is 0.399. The van der Waals surface area contributed by atoms with Gasteiger partial charge in [0.05, 0.1) is 18.6 Å². The molecule has 0 saturated carbocycles. The first-order valence-electron chi connectivity index (χ1n) is 12.4. The van der Waals surface area contributed by atoms with Crippen molar-refractivity contribution < 1.29 is 19.1 Å². The number of nitrogens with one attached hydrogen (secondary N) is 3. The van der Waals surface area contributed by atoms with Gasteiger partial charge in [-0.25, -0.2) is 9.89 Å². The first kappa shape index (κ1) is 26.2. The van der Waals surface area contributed by atoms with E-state index in [1.54, 1.807) is 13.2 Å². The number of hydrogen-bond donors (Lipinski definition) is 3. The van der Waals surface area contributed by atoms with Crippen LogP contribution in [0.5, 0.6) is 5.75 Å². The zero-order chi connectivity index (χ0) is 27.4. The van der Waals surface area contributed by atoms with E-state index in [-0.39, 0.29) is 36.3 Å². The van der Waals surface area contributed by atoms with Gasteiger partial charge in [-0.15, -0.1) is 0 Å². The standard InChI is InChI=1S/C27H27N7O4S/c1-16-13-22(33-32-16)31-24(36)15-39-27-30-20-6-4-3-5-19(20)25-29-21(26(37)34(25)27)11-12-23(35)28-14-17-7-9-18(38-2)10-8-17/h3-10,13,21H,11-12,14-15H2,1-2H3,(H,28,35)(H2,31,32,33,36)/t21-/m1/s1. The Morgan fingerprint density at radius 1 is 1.13 bits per heavy atom. The van der Waals surface area contributed by atoms with E-state index in [9.17, 15) is 14.4 Å². The molecule has 0 saturated heterocycles. The summed E-state index contributed by atoms with van der Waals surface area (Å²) in [6, 6.07) is 15.9. The molecule has 2 aromatic carbocycles. The molecule has 39 heavy (non-hydrogen) atoms. The van der Waals surface area contributed by atoms with Gasteiger partial charge in [0.2, 0.25) is 11.8 Å². The van der Waals surface area contributed by atoms with Crippen molar-refractivity contribution in [3.8, 4) is 5.75 Å². The molecule has 3 aromatic rings. The third-order valence-electron chi connectivity index (χ3n) is 6.15. The Bertz CT molecular complexity index is 1460. The molecule has 0 aliphatic carbocycles. The number of nitrogens with zero attached hydrogens (tertiary/aromatic N) is 4. The molecular weight excluding hydrogens is 518 g/mol. The molecule has 12 heteroatoms. The number of hydrogen-bond acceptors (Lipinski definition) is 8. The quantitative estimate of drug-likeness (QED) is 0.377. The molecule has 2 aliphatic heterocycles. The molecule has 0 spiro atoms. The highest BCUT2D eigenvalue weighted by Gasteiger charge is 2.41. The summed E-state index contributed by atoms with van der Waals surface area (Å²) in [6.45, 7) is 2.22. The number of aryl methyl sites for hydroxylation is 1. The molecule has 2 aliphatic rings. The fourth-order valence-corrected chi connectivity index (χ4v) is 4.98. The molecule has 1 aromatic heterocycles. The van der Waals surface area contributed by atoms with E-state index in [4.69, 9.17) is 4.74 Å². The largest absolute Gasteiger partial charge is 0.497 e. The highest BCUT2D eigenvalue weighted by atomic mass is 32.2. The van der Waals surface area contributed by atoms with Crippen LogP contribution in [0.2, 0.25) is 0 Å². The number of methoxy groups -OCH3 is 1. The third kappa shape index (κ3) is 6.01. The van der Waals surface area contributed by atoms with Crippen molar-refractivity contribution in [2.24, 2.45) is 9.98 Å². The van der Waals surface area contributed by atoms with Crippen LogP contribution in [0.4, 0.5) is 11.5 Å². The molecule has 3 N–H and O–H groups in total. The predicted molar refractivity (Wildman–Crippen MR) is 149 cm³/mol. The van der Waals surface area contributed by atoms with Crippen LogP contribution in [0.15, 0.2) is 64.6 Å². The summed E-state index contributed by atoms with van der Waals surface area (Å²) in [5.41, 5.74) is 3.18. The van der Waals surface area contributed by atoms with Gasteiger partial charge in [0.15, 0.2) is 11.0 Å². The summed E-state index contributed by atoms with van der Waals surface area (Å²) in [7, 11) is 1.60. The molecule has 200 valence electrons. The van der Waals surface area contributed by atoms with Crippen LogP contribution in [0.3, 0.4) is 0 Å². The van der Waals surface area contributed by atoms with Crippen LogP contribution in [-0.4, -0.2) is 62.7 Å². The van der Waals surface area contributed by atoms with E-state index in [1.165, 1.54) is 4.90 Å². The summed E-state index contributed by atoms with van der Waals surface area (Å²) in [4.78, 5) is 49.2. The first-order valence-corrected chi connectivity index (χ1v) is 13.3. The highest BCUT2D eigenvalue weighted by molar-refractivity contribution is 8.14. The van der Waals surface area contributed by atoms with Crippen molar-refractivity contribution >= 4 is 52.0 Å². The average molecular weight is 546 g/mol. The van der Waals surface area contributed by atoms with Gasteiger partial charge in [0.25, 0.3) is 5.91 Å². The minimum absolute atomic E-state index is 0.0302. The van der Waals surface area contributed by atoms with Gasteiger partial charge in [-0.05, 0) is 43.2 Å². The van der Waals surface area contributed by atoms with Gasteiger partial charge in [-0.3, -0.25) is 24.5 Å². The van der Waals surface area contributed by atoms with Crippen molar-refractivity contribution in [2.45, 2.75) is 32.4 Å². The van der Waals surface area contributed by atoms with Crippen LogP contribution in [-0.2, 0) is 20.9 Å². The van der Waals surface area contributed by atoms with Crippen LogP contribution in [0, 0.1) is 6.92 Å². The third-order valence-corrected chi connectivity index (χ3v) is 7.09. The summed E-state index contributed by atoms with van der Waals surface area (Å²) < 4.78 is 5.15. The Kier molecular flexibility index (Phi) is 7.73. The van der Waals surface area contributed by atoms with E-state index >= 15 is 0 Å². The van der Waals surface area contributed by atoms with Crippen LogP contribution >= 0.6 is 11.8 Å². The summed E-state index contributed by atoms with van der Waals surface area (Å²) in [5, 5.41) is 12.8. The zero-order valence-corrected chi connectivity index (χ0v) is 22.2. The molecule has 0 bridgehead atoms. The lowest BCUT2D eigenvalue weighted by molar-refractivity contribution is -0.125. The van der Waals surface area contributed by atoms with E-state index in [1.807, 2.05) is 55.5 Å². The molecule has 0 fully saturated rings. The smallest absolute Gasteiger partial charge is 0.259 e. The fraction of sp³-hybridized carbons (Fsp3) is 0.259. The number of aromatic amines is 1. The lowest BCUT2D eigenvalue weighted by Crippen LogP contribution is -2.41. The maximum Gasteiger partial charge on any atom is 0.259 e. The topological polar surface area (TPSA) is 141 Å². The normalized spacial score (nSPS) is 15.7. The fourth-order valence-electron chi connectivity index (χ4n) is 4.18. The number of anilines is 1. The second-order valence-corrected chi connectivity index (χ2v) is 9.93. The number of thioether (sulfide) groups is 1. The van der Waals surface area contributed by atoms with E-state index in [2.05, 4.69) is 30.8 Å². The highest BCUT2D eigenvalue weighted by Crippen LogP contribution is 2.34. The molecular formula is C27H27N7O4S. The van der Waals surface area contributed by atoms with E-state index in [0.717, 1.165) is 34.3 Å². The summed E-state index contributed by atoms with van der Waals surface area (Å²) in [5.74, 6) is 0.982. The number of benzene rings is 2. The maximum atomic E-state index is 13.4. The monoisotopic (exact) mass is 545 g/mol. The van der Waals surface area contributed by atoms with Gasteiger partial charge in [-0.1, -0.05) is 36.0 Å². The predicted octanol–water partition coefficient (Wildman–Crippen LogP) is 3.15. The number of carbonyl (C=O) groups is 3. The SMILES string of the molecule is COc1ccc(CNC(=O)CC[C@H]2N=C3c4ccccc4N=C(SCC(=O)Nc4cc(C)[nH]n4)N3C2=O)cc1. The number of aliphatic imine (C=N–C) groups is 2. The zero-order valence-electron chi connectivity index (χ0n) is 21.4. The Balaban J connectivity index is 1.22. The first-order chi connectivity index (χ1) is 18.9. The number of amides is 3. The van der Waals surface area contributed by atoms with Crippen LogP contribution < -0.4 is 15.4 Å². The molecule has 3 heterocycles. The average Bonchev–Trinajstić information content (AvgIpc) is 3.51. The number of H-pyrrole nitrogens is 1. The van der Waals surface area contributed by atoms with Gasteiger partial charge in [-0.2, -0.15) is 5.10 Å². The number of para-hydroxylation sites is 1. The Morgan fingerprint density at radius 3 is 2.67 bits per heavy atom. The van der Waals surface area contributed by atoms with Crippen LogP contribution in [0.1, 0.15) is 29.7 Å². The molecule has 11 nitrogen and oxygen atoms in total. The lowest BCUT2D eigenvalue weighted by Gasteiger charge is -2.25. The lowest BCUT2D eigenvalue weighted by atomic mass is 10.1. The number of ether oxygens (including phenoxy) is 1. The second kappa shape index (κ2) is 11.5. The molecule has 1 atom stereocenters. The molecule has 0 unspecified atom stereocenters. The van der Waals surface area contributed by atoms with Gasteiger partial charge < -0.3 is 15.4 Å². The number of amidine groups is 2. The van der Waals surface area contributed by atoms with Crippen molar-refractivity contribution in [1.82, 2.24) is 20.4 Å². The molecule has 0 radical (unpaired) electrons. The van der Waals surface area contributed by atoms with Crippen molar-refractivity contribution in [2.75, 3.05) is 18.2 Å². The van der Waals surface area contributed by atoms with Crippen molar-refractivity contribution in [3.63, 3.8) is 0 Å². The Labute approximate surface area is 229 Å². The van der Waals surface area contributed by atoms with E-state index in [0.29, 0.717) is 29.1 Å². The Hall–Kier alpha value is -4.45. The summed E-state index contributed by atoms with van der Waals surface area (Å²) >= 11 is 1.15. The van der Waals surface area contributed by atoms with Gasteiger partial charge in [0.1, 0.15) is 17.6 Å². The van der Waals surface area contributed by atoms with Crippen molar-refractivity contribution in [1.29, 1.82) is 0 Å². The van der Waals surface area contributed by atoms with E-state index < -0.39 is 6.04 Å². The number of rotatable bonds is 9. The second-order valence-electron chi connectivity index (χ2n) is 8.99. The van der Waals surface area contributed by atoms with Gasteiger partial charge in [0, 0.05) is 30.3 Å². The minimum Gasteiger partial charge on any atom is -0.497 e. The number of aromatic nitrogens is 2. The van der Waals surface area contributed by atoms with Crippen molar-refractivity contribution in [3.05, 3.63) is 71.4 Å². The molecule has 5 rings (SSSR count). The Morgan fingerprint density at radius 2 is 1.92 bits per heavy atom. The number of fused-ring (bicyclic) bond motifs is 3. The molecule has 3 amide bonds. The minimum atomic E-state index is -0.718. The van der Waals surface area contributed by atoms with Crippen LogP contribution in [0.25, 0.3) is 0 Å². The number of carbonyl (C=O) groups excluding carboxylic acids is 3. The maximum absolute atomic E-state index is 13.4. The van der Waals surface area contributed by atoms with Gasteiger partial charge >= 0.3 is 0 Å².